The molecule has 1 aliphatic rings. The van der Waals surface area contributed by atoms with Crippen LogP contribution in [0, 0.1) is 5.82 Å². The zero-order chi connectivity index (χ0) is 15.7. The smallest absolute Gasteiger partial charge is 0.274 e. The summed E-state index contributed by atoms with van der Waals surface area (Å²) < 4.78 is 14.5. The average molecular weight is 302 g/mol. The van der Waals surface area contributed by atoms with Crippen LogP contribution in [0.25, 0.3) is 5.69 Å². The van der Waals surface area contributed by atoms with Crippen molar-refractivity contribution >= 4 is 5.91 Å². The molecule has 1 amide bonds. The summed E-state index contributed by atoms with van der Waals surface area (Å²) in [5.41, 5.74) is 1.13. The lowest BCUT2D eigenvalue weighted by Gasteiger charge is -2.38. The molecule has 2 heterocycles. The molecule has 1 aromatic heterocycles. The van der Waals surface area contributed by atoms with Gasteiger partial charge in [0.25, 0.3) is 5.91 Å². The Labute approximate surface area is 128 Å². The van der Waals surface area contributed by atoms with E-state index in [1.54, 1.807) is 29.1 Å². The maximum atomic E-state index is 13.0. The van der Waals surface area contributed by atoms with E-state index in [9.17, 15) is 9.18 Å². The molecule has 1 aromatic carbocycles. The van der Waals surface area contributed by atoms with Gasteiger partial charge < -0.3 is 10.2 Å². The molecule has 5 nitrogen and oxygen atoms in total. The Morgan fingerprint density at radius 3 is 2.73 bits per heavy atom. The Morgan fingerprint density at radius 1 is 1.27 bits per heavy atom. The van der Waals surface area contributed by atoms with Gasteiger partial charge in [0.2, 0.25) is 0 Å². The van der Waals surface area contributed by atoms with Crippen LogP contribution in [0.1, 0.15) is 24.3 Å². The number of hydrogen-bond acceptors (Lipinski definition) is 3. The number of carbonyl (C=O) groups is 1. The highest BCUT2D eigenvalue weighted by molar-refractivity contribution is 5.92. The van der Waals surface area contributed by atoms with Gasteiger partial charge in [0.05, 0.1) is 5.69 Å². The number of piperazine rings is 1. The standard InChI is InChI=1S/C16H19FN4O/c1-11-12(2)20(10-8-18-11)16(22)15-7-9-21(19-15)14-5-3-13(17)4-6-14/h3-7,9,11-12,18H,8,10H2,1-2H3. The Balaban J connectivity index is 1.81. The molecule has 3 rings (SSSR count). The van der Waals surface area contributed by atoms with E-state index in [4.69, 9.17) is 0 Å². The maximum absolute atomic E-state index is 13.0. The minimum absolute atomic E-state index is 0.0679. The van der Waals surface area contributed by atoms with Gasteiger partial charge in [-0.05, 0) is 44.2 Å². The molecule has 116 valence electrons. The van der Waals surface area contributed by atoms with E-state index < -0.39 is 0 Å². The molecule has 1 N–H and O–H groups in total. The predicted molar refractivity (Wildman–Crippen MR) is 81.5 cm³/mol. The van der Waals surface area contributed by atoms with E-state index in [1.807, 2.05) is 11.8 Å². The van der Waals surface area contributed by atoms with Crippen LogP contribution in [0.3, 0.4) is 0 Å². The number of nitrogens with zero attached hydrogens (tertiary/aromatic N) is 3. The molecular weight excluding hydrogens is 283 g/mol. The summed E-state index contributed by atoms with van der Waals surface area (Å²) in [7, 11) is 0. The largest absolute Gasteiger partial charge is 0.332 e. The van der Waals surface area contributed by atoms with E-state index in [-0.39, 0.29) is 23.8 Å². The lowest BCUT2D eigenvalue weighted by Crippen LogP contribution is -2.57. The number of carbonyl (C=O) groups excluding carboxylic acids is 1. The molecule has 0 saturated carbocycles. The quantitative estimate of drug-likeness (QED) is 0.921. The number of rotatable bonds is 2. The van der Waals surface area contributed by atoms with E-state index in [1.165, 1.54) is 12.1 Å². The highest BCUT2D eigenvalue weighted by Crippen LogP contribution is 2.14. The first-order valence-corrected chi connectivity index (χ1v) is 7.42. The third-order valence-electron chi connectivity index (χ3n) is 4.19. The second-order valence-corrected chi connectivity index (χ2v) is 5.60. The summed E-state index contributed by atoms with van der Waals surface area (Å²) in [5.74, 6) is -0.363. The van der Waals surface area contributed by atoms with Crippen LogP contribution in [0.15, 0.2) is 36.5 Å². The third kappa shape index (κ3) is 2.74. The number of nitrogens with one attached hydrogen (secondary N) is 1. The van der Waals surface area contributed by atoms with Crippen LogP contribution in [0.2, 0.25) is 0 Å². The van der Waals surface area contributed by atoms with E-state index in [2.05, 4.69) is 17.3 Å². The van der Waals surface area contributed by atoms with Crippen molar-refractivity contribution < 1.29 is 9.18 Å². The van der Waals surface area contributed by atoms with Crippen LogP contribution in [-0.2, 0) is 0 Å². The minimum Gasteiger partial charge on any atom is -0.332 e. The Kier molecular flexibility index (Phi) is 3.94. The highest BCUT2D eigenvalue weighted by atomic mass is 19.1. The summed E-state index contributed by atoms with van der Waals surface area (Å²) in [4.78, 5) is 14.5. The molecule has 0 radical (unpaired) electrons. The van der Waals surface area contributed by atoms with Crippen LogP contribution >= 0.6 is 0 Å². The summed E-state index contributed by atoms with van der Waals surface area (Å²) >= 11 is 0. The summed E-state index contributed by atoms with van der Waals surface area (Å²) in [6.45, 7) is 5.57. The molecule has 1 saturated heterocycles. The van der Waals surface area contributed by atoms with Crippen molar-refractivity contribution in [2.24, 2.45) is 0 Å². The van der Waals surface area contributed by atoms with Gasteiger partial charge in [-0.2, -0.15) is 5.10 Å². The molecule has 1 aliphatic heterocycles. The second-order valence-electron chi connectivity index (χ2n) is 5.60. The maximum Gasteiger partial charge on any atom is 0.274 e. The van der Waals surface area contributed by atoms with Crippen molar-refractivity contribution in [1.82, 2.24) is 20.0 Å². The molecule has 2 atom stereocenters. The van der Waals surface area contributed by atoms with Crippen molar-refractivity contribution in [1.29, 1.82) is 0 Å². The Morgan fingerprint density at radius 2 is 2.00 bits per heavy atom. The van der Waals surface area contributed by atoms with Gasteiger partial charge >= 0.3 is 0 Å². The zero-order valence-corrected chi connectivity index (χ0v) is 12.7. The third-order valence-corrected chi connectivity index (χ3v) is 4.19. The minimum atomic E-state index is -0.296. The Bertz CT molecular complexity index is 667. The van der Waals surface area contributed by atoms with Crippen molar-refractivity contribution in [2.75, 3.05) is 13.1 Å². The van der Waals surface area contributed by atoms with Gasteiger partial charge in [-0.25, -0.2) is 9.07 Å². The topological polar surface area (TPSA) is 50.2 Å². The van der Waals surface area contributed by atoms with Gasteiger partial charge in [-0.15, -0.1) is 0 Å². The van der Waals surface area contributed by atoms with E-state index in [0.29, 0.717) is 12.2 Å². The predicted octanol–water partition coefficient (Wildman–Crippen LogP) is 1.83. The zero-order valence-electron chi connectivity index (χ0n) is 12.7. The van der Waals surface area contributed by atoms with Gasteiger partial charge in [-0.1, -0.05) is 0 Å². The Hall–Kier alpha value is -2.21. The van der Waals surface area contributed by atoms with Crippen molar-refractivity contribution in [3.63, 3.8) is 0 Å². The number of hydrogen-bond donors (Lipinski definition) is 1. The second kappa shape index (κ2) is 5.88. The van der Waals surface area contributed by atoms with Crippen molar-refractivity contribution in [3.8, 4) is 5.69 Å². The van der Waals surface area contributed by atoms with Crippen LogP contribution < -0.4 is 5.32 Å². The molecule has 0 bridgehead atoms. The first-order chi connectivity index (χ1) is 10.6. The number of benzene rings is 1. The normalized spacial score (nSPS) is 21.9. The summed E-state index contributed by atoms with van der Waals surface area (Å²) in [6, 6.07) is 8.09. The molecule has 22 heavy (non-hydrogen) atoms. The molecule has 2 aromatic rings. The SMILES string of the molecule is CC1NCCN(C(=O)c2ccn(-c3ccc(F)cc3)n2)C1C. The fourth-order valence-electron chi connectivity index (χ4n) is 2.67. The lowest BCUT2D eigenvalue weighted by molar-refractivity contribution is 0.0596. The fraction of sp³-hybridized carbons (Fsp3) is 0.375. The molecule has 0 aliphatic carbocycles. The van der Waals surface area contributed by atoms with Crippen molar-refractivity contribution in [3.05, 3.63) is 48.0 Å². The van der Waals surface area contributed by atoms with Gasteiger partial charge in [0.15, 0.2) is 5.69 Å². The van der Waals surface area contributed by atoms with Crippen LogP contribution in [-0.4, -0.2) is 45.8 Å². The average Bonchev–Trinajstić information content (AvgIpc) is 3.00. The lowest BCUT2D eigenvalue weighted by atomic mass is 10.1. The van der Waals surface area contributed by atoms with Crippen LogP contribution in [0.4, 0.5) is 4.39 Å². The first kappa shape index (κ1) is 14.7. The molecule has 6 heteroatoms. The van der Waals surface area contributed by atoms with Gasteiger partial charge in [-0.3, -0.25) is 4.79 Å². The molecule has 0 spiro atoms. The van der Waals surface area contributed by atoms with Gasteiger partial charge in [0, 0.05) is 31.4 Å². The summed E-state index contributed by atoms with van der Waals surface area (Å²) in [5, 5.41) is 7.68. The summed E-state index contributed by atoms with van der Waals surface area (Å²) in [6.07, 6.45) is 1.72. The number of halogens is 1. The fourth-order valence-corrected chi connectivity index (χ4v) is 2.67. The first-order valence-electron chi connectivity index (χ1n) is 7.42. The van der Waals surface area contributed by atoms with E-state index in [0.717, 1.165) is 12.2 Å². The number of aromatic nitrogens is 2. The van der Waals surface area contributed by atoms with Crippen molar-refractivity contribution in [2.45, 2.75) is 25.9 Å². The van der Waals surface area contributed by atoms with E-state index >= 15 is 0 Å². The van der Waals surface area contributed by atoms with Gasteiger partial charge in [0.1, 0.15) is 5.82 Å². The van der Waals surface area contributed by atoms with Crippen LogP contribution in [0.5, 0.6) is 0 Å². The monoisotopic (exact) mass is 302 g/mol. The molecule has 2 unspecified atom stereocenters. The molecule has 1 fully saturated rings. The highest BCUT2D eigenvalue weighted by Gasteiger charge is 2.29. The molecular formula is C16H19FN4O. The number of amides is 1.